The number of halogens is 3. The highest BCUT2D eigenvalue weighted by Crippen LogP contribution is 2.24. The van der Waals surface area contributed by atoms with E-state index in [0.29, 0.717) is 12.2 Å². The Bertz CT molecular complexity index is 815. The molecule has 0 fully saturated rings. The first-order valence-corrected chi connectivity index (χ1v) is 8.59. The Morgan fingerprint density at radius 2 is 1.85 bits per heavy atom. The number of aromatic amines is 1. The number of rotatable bonds is 5. The van der Waals surface area contributed by atoms with Crippen LogP contribution in [-0.4, -0.2) is 16.2 Å². The zero-order valence-corrected chi connectivity index (χ0v) is 17.3. The van der Waals surface area contributed by atoms with Gasteiger partial charge in [-0.05, 0) is 35.6 Å². The Morgan fingerprint density at radius 1 is 1.15 bits per heavy atom. The summed E-state index contributed by atoms with van der Waals surface area (Å²) in [5.74, 6) is 0.410. The first-order valence-electron chi connectivity index (χ1n) is 8.59. The highest BCUT2D eigenvalue weighted by Gasteiger charge is 2.18. The first-order chi connectivity index (χ1) is 11.9. The molecule has 3 rings (SSSR count). The van der Waals surface area contributed by atoms with Gasteiger partial charge in [-0.15, -0.1) is 12.4 Å². The van der Waals surface area contributed by atoms with Gasteiger partial charge in [0.2, 0.25) is 6.21 Å². The highest BCUT2D eigenvalue weighted by atomic mass is 35.5. The predicted octanol–water partition coefficient (Wildman–Crippen LogP) is 1.99. The second-order valence-corrected chi connectivity index (χ2v) is 7.60. The minimum Gasteiger partial charge on any atom is -1.00 e. The van der Waals surface area contributed by atoms with Crippen LogP contribution < -0.4 is 17.4 Å². The van der Waals surface area contributed by atoms with E-state index >= 15 is 0 Å². The summed E-state index contributed by atoms with van der Waals surface area (Å²) in [6.45, 7) is 6.45. The Kier molecular flexibility index (Phi) is 8.45. The summed E-state index contributed by atoms with van der Waals surface area (Å²) in [7, 11) is 0. The number of imidazole rings is 1. The van der Waals surface area contributed by atoms with Crippen LogP contribution in [0.2, 0.25) is 0 Å². The van der Waals surface area contributed by atoms with E-state index in [1.165, 1.54) is 0 Å². The number of nitrogens with one attached hydrogen (secondary N) is 1. The predicted molar refractivity (Wildman–Crippen MR) is 108 cm³/mol. The van der Waals surface area contributed by atoms with Crippen molar-refractivity contribution in [3.05, 3.63) is 71.3 Å². The van der Waals surface area contributed by atoms with Crippen LogP contribution in [0.3, 0.4) is 0 Å². The topological polar surface area (TPSA) is 42.8 Å². The summed E-state index contributed by atoms with van der Waals surface area (Å²) in [6.07, 6.45) is 9.41. The summed E-state index contributed by atoms with van der Waals surface area (Å²) in [6, 6.07) is 7.88. The van der Waals surface area contributed by atoms with Gasteiger partial charge in [-0.2, -0.15) is 0 Å². The third kappa shape index (κ3) is 6.64. The van der Waals surface area contributed by atoms with Gasteiger partial charge in [0.1, 0.15) is 5.82 Å². The van der Waals surface area contributed by atoms with Crippen molar-refractivity contribution < 1.29 is 16.8 Å². The molecule has 145 valence electrons. The number of aliphatic imine (C=N–C) groups is 1. The molecule has 2 aromatic rings. The molecule has 3 nitrogen and oxygen atoms in total. The van der Waals surface area contributed by atoms with Crippen LogP contribution in [0.5, 0.6) is 0 Å². The van der Waals surface area contributed by atoms with E-state index in [9.17, 15) is 4.39 Å². The number of hydrogen-bond acceptors (Lipinski definition) is 2. The van der Waals surface area contributed by atoms with E-state index in [1.807, 2.05) is 48.7 Å². The van der Waals surface area contributed by atoms with Crippen LogP contribution in [0.25, 0.3) is 5.70 Å². The number of H-pyrrole nitrogens is 1. The zero-order valence-electron chi connectivity index (χ0n) is 15.7. The maximum atomic E-state index is 14.6. The van der Waals surface area contributed by atoms with Crippen LogP contribution in [0, 0.1) is 5.41 Å². The summed E-state index contributed by atoms with van der Waals surface area (Å²) in [5, 5.41) is 0. The maximum absolute atomic E-state index is 14.6. The molecule has 1 N–H and O–H groups in total. The van der Waals surface area contributed by atoms with Gasteiger partial charge in [-0.3, -0.25) is 0 Å². The van der Waals surface area contributed by atoms with Gasteiger partial charge < -0.3 is 17.4 Å². The van der Waals surface area contributed by atoms with E-state index in [1.54, 1.807) is 6.21 Å². The lowest BCUT2D eigenvalue weighted by molar-refractivity contribution is -0.00000699. The minimum atomic E-state index is -1.13. The molecule has 2 heterocycles. The van der Waals surface area contributed by atoms with Gasteiger partial charge in [0, 0.05) is 24.8 Å². The van der Waals surface area contributed by atoms with Gasteiger partial charge in [0.25, 0.3) is 5.70 Å². The van der Waals surface area contributed by atoms with Crippen molar-refractivity contribution in [2.75, 3.05) is 0 Å². The van der Waals surface area contributed by atoms with E-state index in [-0.39, 0.29) is 30.2 Å². The van der Waals surface area contributed by atoms with Gasteiger partial charge in [0.15, 0.2) is 6.17 Å². The van der Waals surface area contributed by atoms with Gasteiger partial charge in [0.05, 0.1) is 16.2 Å². The highest BCUT2D eigenvalue weighted by molar-refractivity contribution is 5.85. The van der Waals surface area contributed by atoms with Crippen molar-refractivity contribution in [3.63, 3.8) is 0 Å². The fraction of sp³-hybridized carbons (Fsp3) is 0.333. The summed E-state index contributed by atoms with van der Waals surface area (Å²) >= 11 is 0. The third-order valence-electron chi connectivity index (χ3n) is 3.99. The molecule has 0 bridgehead atoms. The standard InChI is InChI=1S/C21H24FN3.2ClH/c1-21(2,3)13-17-14-24-20(25-17)18(22)12-15-7-9-16(10-8-15)19-6-4-5-11-23-19;;/h4-11,14,18H,12-13H2,1-3H3,(H,24,25);2*1H/q+1;;/p-1. The first kappa shape index (κ1) is 23.1. The minimum absolute atomic E-state index is 0. The number of alkyl halides is 1. The van der Waals surface area contributed by atoms with Crippen molar-refractivity contribution in [3.8, 4) is 0 Å². The molecule has 1 aromatic carbocycles. The van der Waals surface area contributed by atoms with Crippen LogP contribution in [0.4, 0.5) is 4.39 Å². The van der Waals surface area contributed by atoms with Crippen LogP contribution in [0.1, 0.15) is 49.6 Å². The molecule has 1 aromatic heterocycles. The summed E-state index contributed by atoms with van der Waals surface area (Å²) in [5.41, 5.74) is 3.95. The van der Waals surface area contributed by atoms with Gasteiger partial charge in [-0.1, -0.05) is 32.9 Å². The Balaban J connectivity index is 0.00000182. The average molecular weight is 409 g/mol. The van der Waals surface area contributed by atoms with Crippen molar-refractivity contribution in [2.24, 2.45) is 5.41 Å². The molecule has 1 radical (unpaired) electrons. The van der Waals surface area contributed by atoms with Crippen molar-refractivity contribution in [1.82, 2.24) is 15.0 Å². The number of benzene rings is 1. The van der Waals surface area contributed by atoms with Crippen molar-refractivity contribution in [2.45, 2.75) is 39.8 Å². The average Bonchev–Trinajstić information content (AvgIpc) is 3.03. The lowest BCUT2D eigenvalue weighted by Gasteiger charge is -2.15. The van der Waals surface area contributed by atoms with Crippen LogP contribution >= 0.6 is 12.4 Å². The molecule has 0 amide bonds. The molecule has 1 unspecified atom stereocenters. The number of aromatic nitrogens is 2. The molecule has 1 atom stereocenters. The van der Waals surface area contributed by atoms with E-state index < -0.39 is 6.17 Å². The summed E-state index contributed by atoms with van der Waals surface area (Å²) in [4.78, 5) is 11.7. The second-order valence-electron chi connectivity index (χ2n) is 7.60. The Morgan fingerprint density at radius 3 is 2.44 bits per heavy atom. The molecule has 0 spiro atoms. The fourth-order valence-corrected chi connectivity index (χ4v) is 2.82. The number of allylic oxidation sites excluding steroid dienone is 3. The van der Waals surface area contributed by atoms with Gasteiger partial charge in [-0.25, -0.2) is 9.37 Å². The molecule has 1 aliphatic rings. The Hall–Kier alpha value is -1.91. The lowest BCUT2D eigenvalue weighted by Crippen LogP contribution is -3.00. The molecular formula is C21H25Cl2FN3. The van der Waals surface area contributed by atoms with Crippen molar-refractivity contribution >= 4 is 24.3 Å². The van der Waals surface area contributed by atoms with Crippen LogP contribution in [0.15, 0.2) is 48.7 Å². The van der Waals surface area contributed by atoms with E-state index in [0.717, 1.165) is 28.9 Å². The van der Waals surface area contributed by atoms with Crippen molar-refractivity contribution in [1.29, 1.82) is 0 Å². The smallest absolute Gasteiger partial charge is 0.284 e. The van der Waals surface area contributed by atoms with Gasteiger partial charge >= 0.3 is 0 Å². The largest absolute Gasteiger partial charge is 1.00 e. The molecule has 6 heteroatoms. The molecule has 0 saturated heterocycles. The van der Waals surface area contributed by atoms with E-state index in [2.05, 4.69) is 35.7 Å². The second kappa shape index (κ2) is 9.86. The SMILES string of the molecule is CC(C)(C)Cc1c[nH]c(C(F)Cc2ccc(C3=CC=CC=[N+]3)cc2)n1.Cl.[Cl-]. The maximum Gasteiger partial charge on any atom is 0.284 e. The summed E-state index contributed by atoms with van der Waals surface area (Å²) < 4.78 is 14.6. The monoisotopic (exact) mass is 408 g/mol. The molecule has 0 saturated carbocycles. The fourth-order valence-electron chi connectivity index (χ4n) is 2.82. The molecular weight excluding hydrogens is 384 g/mol. The zero-order chi connectivity index (χ0) is 17.9. The van der Waals surface area contributed by atoms with Crippen LogP contribution in [-0.2, 0) is 12.8 Å². The molecule has 0 aliphatic carbocycles. The quantitative estimate of drug-likeness (QED) is 0.807. The number of nitrogens with zero attached hydrogens (tertiary/aromatic N) is 2. The van der Waals surface area contributed by atoms with E-state index in [4.69, 9.17) is 0 Å². The Labute approximate surface area is 172 Å². The number of hydrogen-bond donors (Lipinski definition) is 1. The lowest BCUT2D eigenvalue weighted by atomic mass is 9.91. The third-order valence-corrected chi connectivity index (χ3v) is 3.99. The molecule has 1 aliphatic heterocycles. The normalized spacial score (nSPS) is 14.1. The molecule has 27 heavy (non-hydrogen) atoms.